The lowest BCUT2D eigenvalue weighted by Crippen LogP contribution is -2.29. The number of benzene rings is 1. The van der Waals surface area contributed by atoms with Crippen LogP contribution in [0.15, 0.2) is 24.3 Å². The largest absolute Gasteiger partial charge is 0.366 e. The van der Waals surface area contributed by atoms with Gasteiger partial charge in [0.1, 0.15) is 6.61 Å². The molecule has 2 nitrogen and oxygen atoms in total. The van der Waals surface area contributed by atoms with E-state index in [1.165, 1.54) is 0 Å². The zero-order valence-electron chi connectivity index (χ0n) is 10.5. The van der Waals surface area contributed by atoms with Crippen LogP contribution in [0.25, 0.3) is 0 Å². The molecule has 0 radical (unpaired) electrons. The maximum Gasteiger partial charge on any atom is 0.261 e. The Balaban J connectivity index is 2.66. The summed E-state index contributed by atoms with van der Waals surface area (Å²) < 4.78 is 29.6. The van der Waals surface area contributed by atoms with Gasteiger partial charge in [-0.05, 0) is 17.7 Å². The van der Waals surface area contributed by atoms with Crippen LogP contribution in [0, 0.1) is 0 Å². The first-order chi connectivity index (χ1) is 8.49. The second kappa shape index (κ2) is 7.67. The fraction of sp³-hybridized carbons (Fsp3) is 0.538. The number of alkyl halides is 2. The Labute approximate surface area is 111 Å². The molecule has 1 aromatic rings. The highest BCUT2D eigenvalue weighted by molar-refractivity contribution is 6.30. The summed E-state index contributed by atoms with van der Waals surface area (Å²) in [5, 5.41) is 3.79. The summed E-state index contributed by atoms with van der Waals surface area (Å²) in [5.74, 6) is 0. The lowest BCUT2D eigenvalue weighted by molar-refractivity contribution is -0.0251. The lowest BCUT2D eigenvalue weighted by atomic mass is 10.1. The van der Waals surface area contributed by atoms with E-state index in [2.05, 4.69) is 5.32 Å². The smallest absolute Gasteiger partial charge is 0.261 e. The van der Waals surface area contributed by atoms with E-state index in [0.29, 0.717) is 11.6 Å². The average Bonchev–Trinajstić information content (AvgIpc) is 2.30. The molecule has 18 heavy (non-hydrogen) atoms. The van der Waals surface area contributed by atoms with E-state index in [4.69, 9.17) is 16.3 Å². The molecular formula is C13H18ClF2NO. The van der Waals surface area contributed by atoms with Crippen LogP contribution in [-0.2, 0) is 4.74 Å². The van der Waals surface area contributed by atoms with Gasteiger partial charge in [-0.2, -0.15) is 0 Å². The lowest BCUT2D eigenvalue weighted by Gasteiger charge is -2.20. The van der Waals surface area contributed by atoms with Crippen LogP contribution < -0.4 is 5.32 Å². The van der Waals surface area contributed by atoms with Crippen molar-refractivity contribution in [3.05, 3.63) is 34.9 Å². The molecule has 0 aliphatic carbocycles. The Kier molecular flexibility index (Phi) is 6.54. The Morgan fingerprint density at radius 3 is 2.33 bits per heavy atom. The summed E-state index contributed by atoms with van der Waals surface area (Å²) in [6.45, 7) is 3.91. The van der Waals surface area contributed by atoms with Crippen LogP contribution in [0.3, 0.4) is 0 Å². The van der Waals surface area contributed by atoms with Crippen molar-refractivity contribution in [1.82, 2.24) is 5.32 Å². The van der Waals surface area contributed by atoms with Crippen molar-refractivity contribution < 1.29 is 13.5 Å². The Bertz CT molecular complexity index is 331. The molecule has 0 fully saturated rings. The van der Waals surface area contributed by atoms with Crippen molar-refractivity contribution in [2.24, 2.45) is 0 Å². The number of rotatable bonds is 7. The third kappa shape index (κ3) is 5.76. The maximum absolute atomic E-state index is 12.2. The van der Waals surface area contributed by atoms with Crippen molar-refractivity contribution in [3.8, 4) is 0 Å². The first-order valence-electron chi connectivity index (χ1n) is 5.87. The zero-order valence-corrected chi connectivity index (χ0v) is 11.3. The normalized spacial score (nSPS) is 13.3. The molecule has 0 aliphatic heterocycles. The standard InChI is InChI=1S/C13H18ClF2NO/c1-9(2)17-7-12(18-8-13(15)16)10-3-5-11(14)6-4-10/h3-6,9,12-13,17H,7-8H2,1-2H3. The summed E-state index contributed by atoms with van der Waals surface area (Å²) in [4.78, 5) is 0. The van der Waals surface area contributed by atoms with Gasteiger partial charge in [-0.15, -0.1) is 0 Å². The molecule has 102 valence electrons. The molecule has 0 aromatic heterocycles. The van der Waals surface area contributed by atoms with Crippen molar-refractivity contribution in [2.45, 2.75) is 32.4 Å². The van der Waals surface area contributed by atoms with Gasteiger partial charge >= 0.3 is 0 Å². The highest BCUT2D eigenvalue weighted by Crippen LogP contribution is 2.20. The minimum absolute atomic E-state index is 0.273. The molecule has 1 N–H and O–H groups in total. The Morgan fingerprint density at radius 2 is 1.83 bits per heavy atom. The second-order valence-corrected chi connectivity index (χ2v) is 4.76. The quantitative estimate of drug-likeness (QED) is 0.821. The highest BCUT2D eigenvalue weighted by atomic mass is 35.5. The van der Waals surface area contributed by atoms with Crippen molar-refractivity contribution in [3.63, 3.8) is 0 Å². The number of nitrogens with one attached hydrogen (secondary N) is 1. The predicted octanol–water partition coefficient (Wildman–Crippen LogP) is 3.66. The summed E-state index contributed by atoms with van der Waals surface area (Å²) >= 11 is 5.79. The predicted molar refractivity (Wildman–Crippen MR) is 69.3 cm³/mol. The van der Waals surface area contributed by atoms with E-state index in [1.54, 1.807) is 24.3 Å². The first kappa shape index (κ1) is 15.3. The molecule has 0 bridgehead atoms. The molecule has 1 atom stereocenters. The molecule has 1 rings (SSSR count). The number of ether oxygens (including phenoxy) is 1. The summed E-state index contributed by atoms with van der Waals surface area (Å²) in [6, 6.07) is 7.31. The van der Waals surface area contributed by atoms with Gasteiger partial charge in [0.2, 0.25) is 0 Å². The molecule has 0 amide bonds. The molecule has 1 unspecified atom stereocenters. The van der Waals surface area contributed by atoms with Crippen LogP contribution >= 0.6 is 11.6 Å². The molecule has 0 heterocycles. The van der Waals surface area contributed by atoms with Gasteiger partial charge in [-0.1, -0.05) is 37.6 Å². The van der Waals surface area contributed by atoms with Gasteiger partial charge < -0.3 is 10.1 Å². The fourth-order valence-corrected chi connectivity index (χ4v) is 1.61. The van der Waals surface area contributed by atoms with E-state index in [0.717, 1.165) is 5.56 Å². The van der Waals surface area contributed by atoms with Crippen molar-refractivity contribution in [1.29, 1.82) is 0 Å². The van der Waals surface area contributed by atoms with E-state index < -0.39 is 19.1 Å². The van der Waals surface area contributed by atoms with E-state index in [-0.39, 0.29) is 6.04 Å². The Morgan fingerprint density at radius 1 is 1.22 bits per heavy atom. The van der Waals surface area contributed by atoms with Crippen LogP contribution in [0.4, 0.5) is 8.78 Å². The minimum Gasteiger partial charge on any atom is -0.366 e. The van der Waals surface area contributed by atoms with E-state index in [1.807, 2.05) is 13.8 Å². The summed E-state index contributed by atoms with van der Waals surface area (Å²) in [6.07, 6.45) is -2.85. The minimum atomic E-state index is -2.46. The van der Waals surface area contributed by atoms with Gasteiger partial charge in [0.15, 0.2) is 0 Å². The molecular weight excluding hydrogens is 260 g/mol. The summed E-state index contributed by atoms with van der Waals surface area (Å²) in [7, 11) is 0. The van der Waals surface area contributed by atoms with Gasteiger partial charge in [-0.25, -0.2) is 8.78 Å². The average molecular weight is 278 g/mol. The van der Waals surface area contributed by atoms with E-state index in [9.17, 15) is 8.78 Å². The van der Waals surface area contributed by atoms with Crippen LogP contribution in [0.1, 0.15) is 25.5 Å². The van der Waals surface area contributed by atoms with Gasteiger partial charge in [0.05, 0.1) is 6.10 Å². The van der Waals surface area contributed by atoms with Crippen molar-refractivity contribution in [2.75, 3.05) is 13.2 Å². The fourth-order valence-electron chi connectivity index (χ4n) is 1.48. The second-order valence-electron chi connectivity index (χ2n) is 4.33. The van der Waals surface area contributed by atoms with Gasteiger partial charge in [0.25, 0.3) is 6.43 Å². The van der Waals surface area contributed by atoms with E-state index >= 15 is 0 Å². The molecule has 5 heteroatoms. The Hall–Kier alpha value is -0.710. The molecule has 0 aliphatic rings. The highest BCUT2D eigenvalue weighted by Gasteiger charge is 2.15. The van der Waals surface area contributed by atoms with Crippen LogP contribution in [0.2, 0.25) is 5.02 Å². The van der Waals surface area contributed by atoms with Crippen LogP contribution in [0.5, 0.6) is 0 Å². The van der Waals surface area contributed by atoms with Gasteiger partial charge in [-0.3, -0.25) is 0 Å². The van der Waals surface area contributed by atoms with Gasteiger partial charge in [0, 0.05) is 17.6 Å². The monoisotopic (exact) mass is 277 g/mol. The molecule has 0 spiro atoms. The number of halogens is 3. The van der Waals surface area contributed by atoms with Crippen LogP contribution in [-0.4, -0.2) is 25.6 Å². The third-order valence-corrected chi connectivity index (χ3v) is 2.63. The summed E-state index contributed by atoms with van der Waals surface area (Å²) in [5.41, 5.74) is 0.841. The zero-order chi connectivity index (χ0) is 13.5. The third-order valence-electron chi connectivity index (χ3n) is 2.38. The molecule has 0 saturated heterocycles. The molecule has 1 aromatic carbocycles. The molecule has 0 saturated carbocycles. The number of hydrogen-bond acceptors (Lipinski definition) is 2. The topological polar surface area (TPSA) is 21.3 Å². The first-order valence-corrected chi connectivity index (χ1v) is 6.25. The SMILES string of the molecule is CC(C)NCC(OCC(F)F)c1ccc(Cl)cc1. The van der Waals surface area contributed by atoms with Crippen molar-refractivity contribution >= 4 is 11.6 Å². The maximum atomic E-state index is 12.2. The number of hydrogen-bond donors (Lipinski definition) is 1.